The molecule has 0 fully saturated rings. The van der Waals surface area contributed by atoms with Crippen molar-refractivity contribution in [2.24, 2.45) is 0 Å². The third kappa shape index (κ3) is 3.54. The first kappa shape index (κ1) is 14.9. The van der Waals surface area contributed by atoms with Gasteiger partial charge in [0.25, 0.3) is 11.6 Å². The Hall–Kier alpha value is -2.48. The van der Waals surface area contributed by atoms with Crippen molar-refractivity contribution in [3.8, 4) is 0 Å². The quantitative estimate of drug-likeness (QED) is 0.650. The maximum atomic E-state index is 12.0. The number of amides is 1. The van der Waals surface area contributed by atoms with Gasteiger partial charge in [-0.15, -0.1) is 5.10 Å². The summed E-state index contributed by atoms with van der Waals surface area (Å²) in [6.45, 7) is 1.98. The summed E-state index contributed by atoms with van der Waals surface area (Å²) in [5.74, 6) is -0.0233. The zero-order valence-electron chi connectivity index (χ0n) is 11.1. The molecule has 1 heterocycles. The number of nitrogens with zero attached hydrogens (tertiary/aromatic N) is 3. The summed E-state index contributed by atoms with van der Waals surface area (Å²) in [6.07, 6.45) is 1.55. The van der Waals surface area contributed by atoms with Gasteiger partial charge < -0.3 is 5.32 Å². The number of non-ortho nitro benzene ring substituents is 1. The highest BCUT2D eigenvalue weighted by atomic mass is 35.5. The summed E-state index contributed by atoms with van der Waals surface area (Å²) in [6, 6.07) is 3.78. The molecule has 0 saturated carbocycles. The number of aromatic amines is 1. The van der Waals surface area contributed by atoms with E-state index in [9.17, 15) is 14.9 Å². The highest BCUT2D eigenvalue weighted by Gasteiger charge is 2.16. The van der Waals surface area contributed by atoms with E-state index in [-0.39, 0.29) is 22.2 Å². The standard InChI is InChI=1S/C12H12ClN5O3/c1-2-3-10-15-11(17-16-10)12(19)14-9-6-7(18(20)21)4-5-8(9)13/h4-6H,2-3H2,1H3,(H,14,19)(H,15,16,17). The van der Waals surface area contributed by atoms with Gasteiger partial charge in [0.05, 0.1) is 15.6 Å². The van der Waals surface area contributed by atoms with Crippen molar-refractivity contribution >= 4 is 28.9 Å². The van der Waals surface area contributed by atoms with E-state index in [1.54, 1.807) is 0 Å². The first-order valence-electron chi connectivity index (χ1n) is 6.17. The van der Waals surface area contributed by atoms with Crippen molar-refractivity contribution in [3.05, 3.63) is 45.0 Å². The van der Waals surface area contributed by atoms with Crippen molar-refractivity contribution in [2.75, 3.05) is 5.32 Å². The normalized spacial score (nSPS) is 10.4. The fraction of sp³-hybridized carbons (Fsp3) is 0.250. The predicted molar refractivity (Wildman–Crippen MR) is 76.4 cm³/mol. The van der Waals surface area contributed by atoms with Crippen LogP contribution in [0.15, 0.2) is 18.2 Å². The van der Waals surface area contributed by atoms with Gasteiger partial charge in [0.1, 0.15) is 5.82 Å². The third-order valence-electron chi connectivity index (χ3n) is 2.63. The lowest BCUT2D eigenvalue weighted by Gasteiger charge is -2.04. The molecule has 0 aliphatic rings. The van der Waals surface area contributed by atoms with Crippen LogP contribution < -0.4 is 5.32 Å². The van der Waals surface area contributed by atoms with Crippen LogP contribution in [0.1, 0.15) is 29.8 Å². The van der Waals surface area contributed by atoms with Crippen molar-refractivity contribution in [1.29, 1.82) is 0 Å². The van der Waals surface area contributed by atoms with Crippen molar-refractivity contribution in [1.82, 2.24) is 15.2 Å². The lowest BCUT2D eigenvalue weighted by Crippen LogP contribution is -2.14. The average Bonchev–Trinajstić information content (AvgIpc) is 2.90. The molecule has 1 aromatic heterocycles. The van der Waals surface area contributed by atoms with Gasteiger partial charge in [0.15, 0.2) is 0 Å². The topological polar surface area (TPSA) is 114 Å². The maximum Gasteiger partial charge on any atom is 0.295 e. The number of H-pyrrole nitrogens is 1. The molecule has 8 nitrogen and oxygen atoms in total. The highest BCUT2D eigenvalue weighted by molar-refractivity contribution is 6.34. The number of rotatable bonds is 5. The number of carbonyl (C=O) groups excluding carboxylic acids is 1. The minimum atomic E-state index is -0.587. The van der Waals surface area contributed by atoms with Gasteiger partial charge >= 0.3 is 0 Å². The molecule has 2 aromatic rings. The fourth-order valence-corrected chi connectivity index (χ4v) is 1.81. The molecular weight excluding hydrogens is 298 g/mol. The number of anilines is 1. The van der Waals surface area contributed by atoms with Crippen LogP contribution >= 0.6 is 11.6 Å². The Morgan fingerprint density at radius 1 is 1.52 bits per heavy atom. The number of aryl methyl sites for hydroxylation is 1. The molecule has 0 saturated heterocycles. The van der Waals surface area contributed by atoms with Gasteiger partial charge in [0, 0.05) is 18.6 Å². The molecule has 0 aliphatic heterocycles. The number of benzene rings is 1. The van der Waals surface area contributed by atoms with Crippen molar-refractivity contribution < 1.29 is 9.72 Å². The molecule has 0 radical (unpaired) electrons. The van der Waals surface area contributed by atoms with E-state index in [0.717, 1.165) is 6.42 Å². The Labute approximate surface area is 124 Å². The summed E-state index contributed by atoms with van der Waals surface area (Å²) in [7, 11) is 0. The Balaban J connectivity index is 2.18. The molecule has 0 aliphatic carbocycles. The maximum absolute atomic E-state index is 12.0. The van der Waals surface area contributed by atoms with Crippen LogP contribution in [-0.2, 0) is 6.42 Å². The van der Waals surface area contributed by atoms with E-state index in [1.165, 1.54) is 18.2 Å². The van der Waals surface area contributed by atoms with E-state index in [0.29, 0.717) is 12.2 Å². The number of hydrogen-bond acceptors (Lipinski definition) is 5. The van der Waals surface area contributed by atoms with Crippen LogP contribution in [0.2, 0.25) is 5.02 Å². The molecule has 0 spiro atoms. The second kappa shape index (κ2) is 6.31. The summed E-state index contributed by atoms with van der Waals surface area (Å²) < 4.78 is 0. The number of nitro benzene ring substituents is 1. The number of aromatic nitrogens is 3. The van der Waals surface area contributed by atoms with E-state index in [1.807, 2.05) is 6.92 Å². The number of carbonyl (C=O) groups is 1. The molecular formula is C12H12ClN5O3. The molecule has 0 atom stereocenters. The second-order valence-electron chi connectivity index (χ2n) is 4.23. The monoisotopic (exact) mass is 309 g/mol. The molecule has 21 heavy (non-hydrogen) atoms. The molecule has 2 rings (SSSR count). The zero-order valence-corrected chi connectivity index (χ0v) is 11.8. The van der Waals surface area contributed by atoms with Crippen LogP contribution in [0.3, 0.4) is 0 Å². The Kier molecular flexibility index (Phi) is 4.49. The van der Waals surface area contributed by atoms with Crippen molar-refractivity contribution in [2.45, 2.75) is 19.8 Å². The number of hydrogen-bond donors (Lipinski definition) is 2. The summed E-state index contributed by atoms with van der Waals surface area (Å²) in [5.41, 5.74) is -0.0333. The molecule has 2 N–H and O–H groups in total. The van der Waals surface area contributed by atoms with E-state index >= 15 is 0 Å². The summed E-state index contributed by atoms with van der Waals surface area (Å²) in [4.78, 5) is 26.2. The van der Waals surface area contributed by atoms with Gasteiger partial charge in [-0.2, -0.15) is 0 Å². The van der Waals surface area contributed by atoms with E-state index in [2.05, 4.69) is 20.5 Å². The second-order valence-corrected chi connectivity index (χ2v) is 4.64. The first-order chi connectivity index (χ1) is 10.0. The minimum absolute atomic E-state index is 0.0407. The van der Waals surface area contributed by atoms with E-state index in [4.69, 9.17) is 11.6 Å². The summed E-state index contributed by atoms with van der Waals surface area (Å²) >= 11 is 5.90. The number of nitrogens with one attached hydrogen (secondary N) is 2. The van der Waals surface area contributed by atoms with Crippen LogP contribution in [0.25, 0.3) is 0 Å². The molecule has 1 aromatic carbocycles. The average molecular weight is 310 g/mol. The van der Waals surface area contributed by atoms with Gasteiger partial charge in [0.2, 0.25) is 5.82 Å². The molecule has 1 amide bonds. The molecule has 0 bridgehead atoms. The Morgan fingerprint density at radius 2 is 2.29 bits per heavy atom. The highest BCUT2D eigenvalue weighted by Crippen LogP contribution is 2.26. The lowest BCUT2D eigenvalue weighted by atomic mass is 10.2. The van der Waals surface area contributed by atoms with Gasteiger partial charge in [-0.25, -0.2) is 4.98 Å². The zero-order chi connectivity index (χ0) is 15.4. The third-order valence-corrected chi connectivity index (χ3v) is 2.96. The smallest absolute Gasteiger partial charge is 0.295 e. The van der Waals surface area contributed by atoms with E-state index < -0.39 is 10.8 Å². The Morgan fingerprint density at radius 3 is 2.95 bits per heavy atom. The molecule has 9 heteroatoms. The number of halogens is 1. The number of nitro groups is 1. The minimum Gasteiger partial charge on any atom is -0.318 e. The van der Waals surface area contributed by atoms with Crippen molar-refractivity contribution in [3.63, 3.8) is 0 Å². The molecule has 110 valence electrons. The van der Waals surface area contributed by atoms with Gasteiger partial charge in [-0.05, 0) is 12.5 Å². The SMILES string of the molecule is CCCc1nc(C(=O)Nc2cc([N+](=O)[O-])ccc2Cl)n[nH]1. The largest absolute Gasteiger partial charge is 0.318 e. The van der Waals surface area contributed by atoms with Gasteiger partial charge in [-0.3, -0.25) is 20.0 Å². The van der Waals surface area contributed by atoms with Gasteiger partial charge in [-0.1, -0.05) is 18.5 Å². The fourth-order valence-electron chi connectivity index (χ4n) is 1.65. The lowest BCUT2D eigenvalue weighted by molar-refractivity contribution is -0.384. The Bertz CT molecular complexity index is 685. The van der Waals surface area contributed by atoms with Crippen LogP contribution in [-0.4, -0.2) is 26.0 Å². The first-order valence-corrected chi connectivity index (χ1v) is 6.55. The summed E-state index contributed by atoms with van der Waals surface area (Å²) in [5, 5.41) is 19.8. The predicted octanol–water partition coefficient (Wildman–Crippen LogP) is 2.57. The van der Waals surface area contributed by atoms with Crippen LogP contribution in [0.5, 0.6) is 0 Å². The molecule has 0 unspecified atom stereocenters. The van der Waals surface area contributed by atoms with Crippen LogP contribution in [0, 0.1) is 10.1 Å². The van der Waals surface area contributed by atoms with Crippen LogP contribution in [0.4, 0.5) is 11.4 Å².